The maximum Gasteiger partial charge on any atom is 0.221 e. The van der Waals surface area contributed by atoms with Gasteiger partial charge in [0.2, 0.25) is 5.91 Å². The summed E-state index contributed by atoms with van der Waals surface area (Å²) in [5, 5.41) is 5.97. The Morgan fingerprint density at radius 2 is 2.30 bits per heavy atom. The van der Waals surface area contributed by atoms with E-state index in [0.717, 1.165) is 11.3 Å². The summed E-state index contributed by atoms with van der Waals surface area (Å²) in [5.41, 5.74) is 2.12. The van der Waals surface area contributed by atoms with Crippen molar-refractivity contribution in [3.05, 3.63) is 48.5 Å². The van der Waals surface area contributed by atoms with Crippen molar-refractivity contribution in [2.24, 2.45) is 0 Å². The first kappa shape index (κ1) is 14.3. The molecule has 0 bridgehead atoms. The molecule has 1 heterocycles. The Bertz CT molecular complexity index is 551. The fourth-order valence-corrected chi connectivity index (χ4v) is 2.00. The Kier molecular flexibility index (Phi) is 4.90. The zero-order chi connectivity index (χ0) is 14.4. The summed E-state index contributed by atoms with van der Waals surface area (Å²) >= 11 is 0. The van der Waals surface area contributed by atoms with Crippen LogP contribution < -0.4 is 10.6 Å². The van der Waals surface area contributed by atoms with Crippen molar-refractivity contribution in [2.45, 2.75) is 19.4 Å². The molecular formula is C15H20N4O. The Morgan fingerprint density at radius 3 is 3.00 bits per heavy atom. The summed E-state index contributed by atoms with van der Waals surface area (Å²) in [5.74, 6) is 0.0554. The van der Waals surface area contributed by atoms with E-state index >= 15 is 0 Å². The van der Waals surface area contributed by atoms with Crippen molar-refractivity contribution in [3.8, 4) is 5.69 Å². The molecule has 0 spiro atoms. The van der Waals surface area contributed by atoms with Crippen LogP contribution in [-0.2, 0) is 4.79 Å². The normalized spacial score (nSPS) is 12.1. The molecule has 0 aliphatic rings. The van der Waals surface area contributed by atoms with Crippen molar-refractivity contribution < 1.29 is 4.79 Å². The molecule has 5 nitrogen and oxygen atoms in total. The summed E-state index contributed by atoms with van der Waals surface area (Å²) in [6.07, 6.45) is 5.89. The molecule has 20 heavy (non-hydrogen) atoms. The molecule has 2 rings (SSSR count). The van der Waals surface area contributed by atoms with Crippen LogP contribution in [0.3, 0.4) is 0 Å². The molecule has 0 fully saturated rings. The lowest BCUT2D eigenvalue weighted by Gasteiger charge is -2.15. The van der Waals surface area contributed by atoms with Crippen molar-refractivity contribution in [1.29, 1.82) is 0 Å². The first-order valence-corrected chi connectivity index (χ1v) is 6.73. The van der Waals surface area contributed by atoms with Gasteiger partial charge < -0.3 is 15.2 Å². The predicted octanol–water partition coefficient (Wildman–Crippen LogP) is 1.66. The van der Waals surface area contributed by atoms with Crippen LogP contribution in [0.1, 0.15) is 24.9 Å². The number of nitrogens with one attached hydrogen (secondary N) is 2. The van der Waals surface area contributed by atoms with Crippen LogP contribution in [-0.4, -0.2) is 29.1 Å². The highest BCUT2D eigenvalue weighted by atomic mass is 16.1. The van der Waals surface area contributed by atoms with Gasteiger partial charge in [-0.3, -0.25) is 4.79 Å². The number of nitrogens with zero attached hydrogens (tertiary/aromatic N) is 2. The SMILES string of the molecule is CNCCC(=O)NC(C)c1cccc(-n2ccnc2)c1. The summed E-state index contributed by atoms with van der Waals surface area (Å²) in [6.45, 7) is 2.68. The fraction of sp³-hybridized carbons (Fsp3) is 0.333. The maximum atomic E-state index is 11.7. The summed E-state index contributed by atoms with van der Waals surface area (Å²) in [4.78, 5) is 15.8. The van der Waals surface area contributed by atoms with Crippen molar-refractivity contribution in [1.82, 2.24) is 20.2 Å². The lowest BCUT2D eigenvalue weighted by Crippen LogP contribution is -2.29. The highest BCUT2D eigenvalue weighted by Gasteiger charge is 2.09. The minimum atomic E-state index is -0.0113. The minimum absolute atomic E-state index is 0.0113. The van der Waals surface area contributed by atoms with E-state index in [2.05, 4.69) is 21.7 Å². The topological polar surface area (TPSA) is 59.0 Å². The lowest BCUT2D eigenvalue weighted by molar-refractivity contribution is -0.121. The number of hydrogen-bond donors (Lipinski definition) is 2. The van der Waals surface area contributed by atoms with Gasteiger partial charge in [0.1, 0.15) is 0 Å². The van der Waals surface area contributed by atoms with Gasteiger partial charge in [0.25, 0.3) is 0 Å². The fourth-order valence-electron chi connectivity index (χ4n) is 2.00. The second-order valence-corrected chi connectivity index (χ2v) is 4.71. The first-order valence-electron chi connectivity index (χ1n) is 6.73. The molecule has 0 aliphatic carbocycles. The Hall–Kier alpha value is -2.14. The number of carbonyl (C=O) groups is 1. The first-order chi connectivity index (χ1) is 9.70. The lowest BCUT2D eigenvalue weighted by atomic mass is 10.1. The van der Waals surface area contributed by atoms with E-state index in [9.17, 15) is 4.79 Å². The number of hydrogen-bond acceptors (Lipinski definition) is 3. The molecular weight excluding hydrogens is 252 g/mol. The van der Waals surface area contributed by atoms with Crippen LogP contribution in [0, 0.1) is 0 Å². The zero-order valence-electron chi connectivity index (χ0n) is 11.8. The third kappa shape index (κ3) is 3.68. The largest absolute Gasteiger partial charge is 0.350 e. The highest BCUT2D eigenvalue weighted by Crippen LogP contribution is 2.16. The van der Waals surface area contributed by atoms with Crippen LogP contribution in [0.15, 0.2) is 43.0 Å². The summed E-state index contributed by atoms with van der Waals surface area (Å²) in [6, 6.07) is 8.07. The average molecular weight is 272 g/mol. The van der Waals surface area contributed by atoms with E-state index in [4.69, 9.17) is 0 Å². The van der Waals surface area contributed by atoms with E-state index in [1.165, 1.54) is 0 Å². The molecule has 106 valence electrons. The van der Waals surface area contributed by atoms with Gasteiger partial charge >= 0.3 is 0 Å². The van der Waals surface area contributed by atoms with Crippen LogP contribution in [0.2, 0.25) is 0 Å². The molecule has 0 aliphatic heterocycles. The van der Waals surface area contributed by atoms with Gasteiger partial charge in [0.05, 0.1) is 12.4 Å². The van der Waals surface area contributed by atoms with Gasteiger partial charge in [-0.25, -0.2) is 4.98 Å². The molecule has 1 amide bonds. The summed E-state index contributed by atoms with van der Waals surface area (Å²) in [7, 11) is 1.84. The molecule has 0 radical (unpaired) electrons. The van der Waals surface area contributed by atoms with Crippen molar-refractivity contribution in [3.63, 3.8) is 0 Å². The molecule has 1 atom stereocenters. The van der Waals surface area contributed by atoms with Gasteiger partial charge in [0.15, 0.2) is 0 Å². The Morgan fingerprint density at radius 1 is 1.45 bits per heavy atom. The second kappa shape index (κ2) is 6.86. The standard InChI is InChI=1S/C15H20N4O/c1-12(18-15(20)6-7-16-2)13-4-3-5-14(10-13)19-9-8-17-11-19/h3-5,8-12,16H,6-7H2,1-2H3,(H,18,20). The number of amides is 1. The van der Waals surface area contributed by atoms with Crippen molar-refractivity contribution >= 4 is 5.91 Å². The minimum Gasteiger partial charge on any atom is -0.350 e. The third-order valence-electron chi connectivity index (χ3n) is 3.15. The molecule has 1 aromatic heterocycles. The molecule has 0 saturated heterocycles. The van der Waals surface area contributed by atoms with Gasteiger partial charge in [-0.2, -0.15) is 0 Å². The Labute approximate surface area is 119 Å². The van der Waals surface area contributed by atoms with Gasteiger partial charge in [0, 0.05) is 31.0 Å². The van der Waals surface area contributed by atoms with Crippen LogP contribution in [0.4, 0.5) is 0 Å². The molecule has 2 aromatic rings. The number of benzene rings is 1. The number of imidazole rings is 1. The van der Waals surface area contributed by atoms with Crippen LogP contribution in [0.25, 0.3) is 5.69 Å². The molecule has 1 aromatic carbocycles. The predicted molar refractivity (Wildman–Crippen MR) is 78.7 cm³/mol. The molecule has 2 N–H and O–H groups in total. The quantitative estimate of drug-likeness (QED) is 0.841. The van der Waals surface area contributed by atoms with Crippen LogP contribution in [0.5, 0.6) is 0 Å². The third-order valence-corrected chi connectivity index (χ3v) is 3.15. The van der Waals surface area contributed by atoms with E-state index in [1.54, 1.807) is 12.5 Å². The number of aromatic nitrogens is 2. The van der Waals surface area contributed by atoms with E-state index in [-0.39, 0.29) is 11.9 Å². The number of rotatable bonds is 6. The molecule has 5 heteroatoms. The highest BCUT2D eigenvalue weighted by molar-refractivity contribution is 5.76. The van der Waals surface area contributed by atoms with E-state index in [0.29, 0.717) is 13.0 Å². The maximum absolute atomic E-state index is 11.7. The monoisotopic (exact) mass is 272 g/mol. The van der Waals surface area contributed by atoms with Gasteiger partial charge in [-0.1, -0.05) is 12.1 Å². The summed E-state index contributed by atoms with van der Waals surface area (Å²) < 4.78 is 1.94. The Balaban J connectivity index is 2.05. The van der Waals surface area contributed by atoms with E-state index in [1.807, 2.05) is 42.9 Å². The number of carbonyl (C=O) groups excluding carboxylic acids is 1. The van der Waals surface area contributed by atoms with Crippen molar-refractivity contribution in [2.75, 3.05) is 13.6 Å². The molecule has 0 saturated carbocycles. The van der Waals surface area contributed by atoms with Gasteiger partial charge in [-0.05, 0) is 31.7 Å². The zero-order valence-corrected chi connectivity index (χ0v) is 11.8. The smallest absolute Gasteiger partial charge is 0.221 e. The second-order valence-electron chi connectivity index (χ2n) is 4.71. The van der Waals surface area contributed by atoms with Gasteiger partial charge in [-0.15, -0.1) is 0 Å². The van der Waals surface area contributed by atoms with E-state index < -0.39 is 0 Å². The average Bonchev–Trinajstić information content (AvgIpc) is 2.99. The molecule has 1 unspecified atom stereocenters. The van der Waals surface area contributed by atoms with Crippen LogP contribution >= 0.6 is 0 Å².